The molecule has 1 atom stereocenters. The lowest BCUT2D eigenvalue weighted by Gasteiger charge is -2.24. The minimum absolute atomic E-state index is 0.366. The van der Waals surface area contributed by atoms with Crippen molar-refractivity contribution >= 4 is 22.9 Å². The highest BCUT2D eigenvalue weighted by molar-refractivity contribution is 7.13. The van der Waals surface area contributed by atoms with E-state index in [9.17, 15) is 0 Å². The maximum Gasteiger partial charge on any atom is 0.236 e. The van der Waals surface area contributed by atoms with E-state index in [1.807, 2.05) is 29.6 Å². The summed E-state index contributed by atoms with van der Waals surface area (Å²) in [4.78, 5) is 8.15. The third-order valence-electron chi connectivity index (χ3n) is 4.28. The Morgan fingerprint density at radius 3 is 3.00 bits per heavy atom. The molecule has 4 rings (SSSR count). The molecule has 0 N–H and O–H groups in total. The summed E-state index contributed by atoms with van der Waals surface area (Å²) in [5.74, 6) is 0.712. The molecular formula is C18H17ClN2OS. The fourth-order valence-electron chi connectivity index (χ4n) is 3.21. The molecule has 0 aliphatic carbocycles. The Morgan fingerprint density at radius 2 is 2.17 bits per heavy atom. The van der Waals surface area contributed by atoms with Gasteiger partial charge in [0.05, 0.1) is 10.6 Å². The second kappa shape index (κ2) is 6.48. The summed E-state index contributed by atoms with van der Waals surface area (Å²) < 4.78 is 5.63. The third-order valence-corrected chi connectivity index (χ3v) is 5.48. The smallest absolute Gasteiger partial charge is 0.236 e. The summed E-state index contributed by atoms with van der Waals surface area (Å²) in [6.45, 7) is 1.86. The Balaban J connectivity index is 1.53. The van der Waals surface area contributed by atoms with E-state index in [1.54, 1.807) is 17.6 Å². The van der Waals surface area contributed by atoms with Gasteiger partial charge < -0.3 is 4.42 Å². The zero-order valence-electron chi connectivity index (χ0n) is 12.6. The van der Waals surface area contributed by atoms with Crippen molar-refractivity contribution in [2.24, 2.45) is 0 Å². The van der Waals surface area contributed by atoms with Crippen LogP contribution in [-0.2, 0) is 6.54 Å². The summed E-state index contributed by atoms with van der Waals surface area (Å²) >= 11 is 8.03. The van der Waals surface area contributed by atoms with Crippen LogP contribution < -0.4 is 0 Å². The van der Waals surface area contributed by atoms with Gasteiger partial charge in [0.1, 0.15) is 6.26 Å². The van der Waals surface area contributed by atoms with E-state index in [0.717, 1.165) is 35.1 Å². The molecule has 1 aliphatic heterocycles. The van der Waals surface area contributed by atoms with Gasteiger partial charge in [-0.1, -0.05) is 35.9 Å². The standard InChI is InChI=1S/C18H17ClN2OS/c19-15-6-2-1-5-14(15)16-7-3-9-21(16)11-13-12-22-18(20-13)17-8-4-10-23-17/h1-2,4-6,8,10,12,16H,3,7,9,11H2. The number of benzene rings is 1. The first-order chi connectivity index (χ1) is 11.3. The molecule has 0 bridgehead atoms. The zero-order chi connectivity index (χ0) is 15.6. The molecule has 3 aromatic rings. The minimum atomic E-state index is 0.366. The van der Waals surface area contributed by atoms with Crippen molar-refractivity contribution in [3.63, 3.8) is 0 Å². The molecule has 3 heterocycles. The fraction of sp³-hybridized carbons (Fsp3) is 0.278. The molecule has 2 aromatic heterocycles. The van der Waals surface area contributed by atoms with Crippen molar-refractivity contribution in [2.45, 2.75) is 25.4 Å². The largest absolute Gasteiger partial charge is 0.444 e. The van der Waals surface area contributed by atoms with E-state index in [-0.39, 0.29) is 0 Å². The number of rotatable bonds is 4. The zero-order valence-corrected chi connectivity index (χ0v) is 14.2. The number of hydrogen-bond acceptors (Lipinski definition) is 4. The van der Waals surface area contributed by atoms with Gasteiger partial charge in [-0.3, -0.25) is 4.90 Å². The Bertz CT molecular complexity index is 784. The van der Waals surface area contributed by atoms with Crippen molar-refractivity contribution in [1.82, 2.24) is 9.88 Å². The summed E-state index contributed by atoms with van der Waals surface area (Å²) in [6.07, 6.45) is 4.10. The molecule has 0 saturated carbocycles. The van der Waals surface area contributed by atoms with Gasteiger partial charge in [-0.05, 0) is 42.5 Å². The lowest BCUT2D eigenvalue weighted by Crippen LogP contribution is -2.23. The van der Waals surface area contributed by atoms with Gasteiger partial charge >= 0.3 is 0 Å². The average molecular weight is 345 g/mol. The SMILES string of the molecule is Clc1ccccc1C1CCCN1Cc1coc(-c2cccs2)n1. The molecule has 1 aliphatic rings. The number of aromatic nitrogens is 1. The molecule has 3 nitrogen and oxygen atoms in total. The Labute approximate surface area is 144 Å². The first-order valence-corrected chi connectivity index (χ1v) is 9.04. The van der Waals surface area contributed by atoms with Gasteiger partial charge in [0, 0.05) is 17.6 Å². The molecule has 1 aromatic carbocycles. The first-order valence-electron chi connectivity index (χ1n) is 7.78. The molecular weight excluding hydrogens is 328 g/mol. The van der Waals surface area contributed by atoms with E-state index in [0.29, 0.717) is 11.9 Å². The van der Waals surface area contributed by atoms with Crippen molar-refractivity contribution in [2.75, 3.05) is 6.54 Å². The molecule has 0 amide bonds. The summed E-state index contributed by atoms with van der Waals surface area (Å²) in [5, 5.41) is 2.89. The highest BCUT2D eigenvalue weighted by Gasteiger charge is 2.28. The average Bonchev–Trinajstić information content (AvgIpc) is 3.29. The third kappa shape index (κ3) is 3.07. The predicted molar refractivity (Wildman–Crippen MR) is 93.7 cm³/mol. The normalized spacial score (nSPS) is 18.6. The second-order valence-electron chi connectivity index (χ2n) is 5.77. The number of oxazole rings is 1. The van der Waals surface area contributed by atoms with E-state index >= 15 is 0 Å². The molecule has 1 fully saturated rings. The molecule has 1 saturated heterocycles. The molecule has 1 unspecified atom stereocenters. The van der Waals surface area contributed by atoms with Gasteiger partial charge in [0.15, 0.2) is 0 Å². The first kappa shape index (κ1) is 14.9. The number of halogens is 1. The van der Waals surface area contributed by atoms with Crippen molar-refractivity contribution in [1.29, 1.82) is 0 Å². The van der Waals surface area contributed by atoms with Gasteiger partial charge in [-0.2, -0.15) is 0 Å². The van der Waals surface area contributed by atoms with Crippen LogP contribution >= 0.6 is 22.9 Å². The van der Waals surface area contributed by atoms with Gasteiger partial charge in [-0.25, -0.2) is 4.98 Å². The maximum atomic E-state index is 6.38. The fourth-order valence-corrected chi connectivity index (χ4v) is 4.13. The van der Waals surface area contributed by atoms with Gasteiger partial charge in [0.2, 0.25) is 5.89 Å². The Morgan fingerprint density at radius 1 is 1.26 bits per heavy atom. The Hall–Kier alpha value is -1.62. The van der Waals surface area contributed by atoms with E-state index in [1.165, 1.54) is 12.0 Å². The number of likely N-dealkylation sites (tertiary alicyclic amines) is 1. The summed E-state index contributed by atoms with van der Waals surface area (Å²) in [7, 11) is 0. The number of thiophene rings is 1. The van der Waals surface area contributed by atoms with Crippen LogP contribution in [0.5, 0.6) is 0 Å². The summed E-state index contributed by atoms with van der Waals surface area (Å²) in [5.41, 5.74) is 2.20. The van der Waals surface area contributed by atoms with E-state index in [4.69, 9.17) is 16.0 Å². The van der Waals surface area contributed by atoms with Gasteiger partial charge in [-0.15, -0.1) is 11.3 Å². The molecule has 118 valence electrons. The van der Waals surface area contributed by atoms with E-state index < -0.39 is 0 Å². The van der Waals surface area contributed by atoms with Crippen LogP contribution in [0, 0.1) is 0 Å². The molecule has 0 spiro atoms. The topological polar surface area (TPSA) is 29.3 Å². The number of hydrogen-bond donors (Lipinski definition) is 0. The van der Waals surface area contributed by atoms with Crippen LogP contribution in [0.15, 0.2) is 52.5 Å². The highest BCUT2D eigenvalue weighted by atomic mass is 35.5. The van der Waals surface area contributed by atoms with Crippen LogP contribution in [0.1, 0.15) is 30.1 Å². The van der Waals surface area contributed by atoms with Crippen molar-refractivity contribution in [3.8, 4) is 10.8 Å². The predicted octanol–water partition coefficient (Wildman–Crippen LogP) is 5.39. The van der Waals surface area contributed by atoms with Crippen molar-refractivity contribution < 1.29 is 4.42 Å². The quantitative estimate of drug-likeness (QED) is 0.635. The van der Waals surface area contributed by atoms with Crippen LogP contribution in [0.25, 0.3) is 10.8 Å². The molecule has 0 radical (unpaired) electrons. The number of nitrogens with zero attached hydrogens (tertiary/aromatic N) is 2. The summed E-state index contributed by atoms with van der Waals surface area (Å²) in [6, 6.07) is 12.5. The minimum Gasteiger partial charge on any atom is -0.444 e. The van der Waals surface area contributed by atoms with Crippen LogP contribution in [0.4, 0.5) is 0 Å². The Kier molecular flexibility index (Phi) is 4.21. The molecule has 23 heavy (non-hydrogen) atoms. The molecule has 5 heteroatoms. The van der Waals surface area contributed by atoms with Crippen LogP contribution in [0.2, 0.25) is 5.02 Å². The lowest BCUT2D eigenvalue weighted by molar-refractivity contribution is 0.245. The van der Waals surface area contributed by atoms with Gasteiger partial charge in [0.25, 0.3) is 0 Å². The van der Waals surface area contributed by atoms with E-state index in [2.05, 4.69) is 22.0 Å². The van der Waals surface area contributed by atoms with Crippen LogP contribution in [0.3, 0.4) is 0 Å². The monoisotopic (exact) mass is 344 g/mol. The lowest BCUT2D eigenvalue weighted by atomic mass is 10.0. The second-order valence-corrected chi connectivity index (χ2v) is 7.13. The van der Waals surface area contributed by atoms with Crippen LogP contribution in [-0.4, -0.2) is 16.4 Å². The maximum absolute atomic E-state index is 6.38. The highest BCUT2D eigenvalue weighted by Crippen LogP contribution is 2.36. The van der Waals surface area contributed by atoms with Crippen molar-refractivity contribution in [3.05, 3.63) is 64.3 Å².